The van der Waals surface area contributed by atoms with Crippen LogP contribution in [0.2, 0.25) is 0 Å². The maximum absolute atomic E-state index is 4.42. The number of aryl methyl sites for hydroxylation is 1. The first-order valence-corrected chi connectivity index (χ1v) is 5.48. The zero-order valence-corrected chi connectivity index (χ0v) is 10.2. The molecule has 0 saturated heterocycles. The van der Waals surface area contributed by atoms with E-state index in [2.05, 4.69) is 42.9 Å². The van der Waals surface area contributed by atoms with E-state index in [0.29, 0.717) is 0 Å². The van der Waals surface area contributed by atoms with E-state index < -0.39 is 0 Å². The summed E-state index contributed by atoms with van der Waals surface area (Å²) in [6.07, 6.45) is 0. The van der Waals surface area contributed by atoms with Crippen LogP contribution in [0.3, 0.4) is 0 Å². The molecule has 2 rings (SSSR count). The molecule has 3 heteroatoms. The fourth-order valence-electron chi connectivity index (χ4n) is 1.24. The monoisotopic (exact) mass is 299 g/mol. The Kier molecular flexibility index (Phi) is 2.39. The third-order valence-corrected chi connectivity index (χ3v) is 3.43. The lowest BCUT2D eigenvalue weighted by Crippen LogP contribution is -1.84. The first kappa shape index (κ1) is 9.16. The molecule has 0 aliphatic heterocycles. The molecule has 0 N–H and O–H groups in total. The number of hydrogen-bond acceptors (Lipinski definition) is 1. The summed E-state index contributed by atoms with van der Waals surface area (Å²) in [5.74, 6) is 0. The molecule has 2 aromatic rings. The second kappa shape index (κ2) is 3.39. The summed E-state index contributed by atoms with van der Waals surface area (Å²) in [7, 11) is 0. The third kappa shape index (κ3) is 1.63. The van der Waals surface area contributed by atoms with Crippen LogP contribution in [0.4, 0.5) is 0 Å². The lowest BCUT2D eigenvalue weighted by atomic mass is 10.2. The summed E-state index contributed by atoms with van der Waals surface area (Å²) in [5.41, 5.74) is 2.16. The van der Waals surface area contributed by atoms with Crippen LogP contribution in [0.25, 0.3) is 10.9 Å². The van der Waals surface area contributed by atoms with Crippen molar-refractivity contribution in [2.24, 2.45) is 0 Å². The molecule has 0 atom stereocenters. The van der Waals surface area contributed by atoms with Gasteiger partial charge in [0.2, 0.25) is 0 Å². The lowest BCUT2D eigenvalue weighted by Gasteiger charge is -2.02. The van der Waals surface area contributed by atoms with Crippen molar-refractivity contribution in [1.29, 1.82) is 0 Å². The van der Waals surface area contributed by atoms with E-state index in [-0.39, 0.29) is 0 Å². The molecule has 0 radical (unpaired) electrons. The van der Waals surface area contributed by atoms with Gasteiger partial charge in [0.1, 0.15) is 4.60 Å². The van der Waals surface area contributed by atoms with E-state index >= 15 is 0 Å². The van der Waals surface area contributed by atoms with Gasteiger partial charge in [0.25, 0.3) is 0 Å². The Bertz CT molecular complexity index is 466. The second-order valence-electron chi connectivity index (χ2n) is 2.90. The molecule has 0 saturated carbocycles. The van der Waals surface area contributed by atoms with Crippen molar-refractivity contribution >= 4 is 42.8 Å². The highest BCUT2D eigenvalue weighted by molar-refractivity contribution is 9.11. The second-order valence-corrected chi connectivity index (χ2v) is 4.51. The van der Waals surface area contributed by atoms with Crippen molar-refractivity contribution in [3.05, 3.63) is 38.9 Å². The van der Waals surface area contributed by atoms with Crippen LogP contribution in [-0.4, -0.2) is 4.98 Å². The number of hydrogen-bond donors (Lipinski definition) is 0. The molecule has 1 aromatic carbocycles. The Morgan fingerprint density at radius 3 is 2.77 bits per heavy atom. The minimum absolute atomic E-state index is 0.915. The average molecular weight is 301 g/mol. The Balaban J connectivity index is 2.89. The van der Waals surface area contributed by atoms with E-state index in [1.54, 1.807) is 0 Å². The van der Waals surface area contributed by atoms with Crippen molar-refractivity contribution in [2.45, 2.75) is 6.92 Å². The molecule has 0 aliphatic carbocycles. The van der Waals surface area contributed by atoms with Gasteiger partial charge in [-0.15, -0.1) is 0 Å². The lowest BCUT2D eigenvalue weighted by molar-refractivity contribution is 1.27. The topological polar surface area (TPSA) is 12.9 Å². The zero-order valence-electron chi connectivity index (χ0n) is 7.01. The van der Waals surface area contributed by atoms with E-state index in [1.807, 2.05) is 25.1 Å². The molecule has 13 heavy (non-hydrogen) atoms. The SMILES string of the molecule is Cc1cc2c(Br)cccc2nc1Br. The van der Waals surface area contributed by atoms with Crippen molar-refractivity contribution in [3.63, 3.8) is 0 Å². The summed E-state index contributed by atoms with van der Waals surface area (Å²) < 4.78 is 2.01. The number of pyridine rings is 1. The standard InChI is InChI=1S/C10H7Br2N/c1-6-5-7-8(11)3-2-4-9(7)13-10(6)12/h2-5H,1H3. The van der Waals surface area contributed by atoms with Gasteiger partial charge in [-0.25, -0.2) is 4.98 Å². The fraction of sp³-hybridized carbons (Fsp3) is 0.100. The van der Waals surface area contributed by atoms with Crippen LogP contribution in [0.15, 0.2) is 33.3 Å². The summed E-state index contributed by atoms with van der Waals surface area (Å²) in [4.78, 5) is 4.42. The van der Waals surface area contributed by atoms with Gasteiger partial charge in [-0.2, -0.15) is 0 Å². The number of benzene rings is 1. The Morgan fingerprint density at radius 2 is 2.00 bits per heavy atom. The smallest absolute Gasteiger partial charge is 0.109 e. The summed E-state index contributed by atoms with van der Waals surface area (Å²) >= 11 is 6.91. The molecular weight excluding hydrogens is 294 g/mol. The third-order valence-electron chi connectivity index (χ3n) is 1.93. The van der Waals surface area contributed by atoms with Gasteiger partial charge in [-0.05, 0) is 46.6 Å². The molecule has 1 aromatic heterocycles. The van der Waals surface area contributed by atoms with Crippen LogP contribution in [-0.2, 0) is 0 Å². The molecule has 1 nitrogen and oxygen atoms in total. The van der Waals surface area contributed by atoms with Gasteiger partial charge in [0.05, 0.1) is 5.52 Å². The summed E-state index contributed by atoms with van der Waals surface area (Å²) in [6, 6.07) is 8.14. The van der Waals surface area contributed by atoms with Crippen molar-refractivity contribution in [3.8, 4) is 0 Å². The van der Waals surface area contributed by atoms with Gasteiger partial charge in [-0.1, -0.05) is 22.0 Å². The Labute approximate surface area is 93.4 Å². The normalized spacial score (nSPS) is 10.7. The van der Waals surface area contributed by atoms with E-state index in [4.69, 9.17) is 0 Å². The van der Waals surface area contributed by atoms with Crippen LogP contribution < -0.4 is 0 Å². The van der Waals surface area contributed by atoms with Gasteiger partial charge in [0, 0.05) is 9.86 Å². The van der Waals surface area contributed by atoms with Crippen LogP contribution >= 0.6 is 31.9 Å². The quantitative estimate of drug-likeness (QED) is 0.668. The first-order valence-electron chi connectivity index (χ1n) is 3.90. The fourth-order valence-corrected chi connectivity index (χ4v) is 2.01. The maximum Gasteiger partial charge on any atom is 0.109 e. The molecule has 0 spiro atoms. The highest BCUT2D eigenvalue weighted by atomic mass is 79.9. The molecule has 0 bridgehead atoms. The molecule has 0 aliphatic rings. The minimum Gasteiger partial charge on any atom is -0.241 e. The minimum atomic E-state index is 0.915. The molecular formula is C10H7Br2N. The number of rotatable bonds is 0. The van der Waals surface area contributed by atoms with E-state index in [9.17, 15) is 0 Å². The number of nitrogens with zero attached hydrogens (tertiary/aromatic N) is 1. The zero-order chi connectivity index (χ0) is 9.42. The van der Waals surface area contributed by atoms with Crippen molar-refractivity contribution in [2.75, 3.05) is 0 Å². The van der Waals surface area contributed by atoms with Gasteiger partial charge in [-0.3, -0.25) is 0 Å². The van der Waals surface area contributed by atoms with Gasteiger partial charge < -0.3 is 0 Å². The number of halogens is 2. The Hall–Kier alpha value is -0.410. The van der Waals surface area contributed by atoms with Crippen LogP contribution in [0, 0.1) is 6.92 Å². The molecule has 0 unspecified atom stereocenters. The van der Waals surface area contributed by atoms with Crippen molar-refractivity contribution in [1.82, 2.24) is 4.98 Å². The Morgan fingerprint density at radius 1 is 1.23 bits per heavy atom. The van der Waals surface area contributed by atoms with Crippen molar-refractivity contribution < 1.29 is 0 Å². The van der Waals surface area contributed by atoms with E-state index in [1.165, 1.54) is 0 Å². The number of fused-ring (bicyclic) bond motifs is 1. The van der Waals surface area contributed by atoms with Crippen LogP contribution in [0.1, 0.15) is 5.56 Å². The molecule has 66 valence electrons. The predicted octanol–water partition coefficient (Wildman–Crippen LogP) is 4.07. The molecule has 0 fully saturated rings. The molecule has 0 amide bonds. The van der Waals surface area contributed by atoms with Gasteiger partial charge >= 0.3 is 0 Å². The van der Waals surface area contributed by atoms with Gasteiger partial charge in [0.15, 0.2) is 0 Å². The number of aromatic nitrogens is 1. The first-order chi connectivity index (χ1) is 6.18. The largest absolute Gasteiger partial charge is 0.241 e. The van der Waals surface area contributed by atoms with E-state index in [0.717, 1.165) is 25.5 Å². The summed E-state index contributed by atoms with van der Waals surface area (Å²) in [6.45, 7) is 2.04. The van der Waals surface area contributed by atoms with Crippen LogP contribution in [0.5, 0.6) is 0 Å². The highest BCUT2D eigenvalue weighted by Gasteiger charge is 2.02. The highest BCUT2D eigenvalue weighted by Crippen LogP contribution is 2.26. The average Bonchev–Trinajstić information content (AvgIpc) is 2.09. The summed E-state index contributed by atoms with van der Waals surface area (Å²) in [5, 5.41) is 1.16. The maximum atomic E-state index is 4.42. The molecule has 1 heterocycles. The predicted molar refractivity (Wildman–Crippen MR) is 61.9 cm³/mol.